The minimum Gasteiger partial charge on any atom is -0.505 e. The first-order chi connectivity index (χ1) is 12.5. The van der Waals surface area contributed by atoms with Gasteiger partial charge in [-0.05, 0) is 24.3 Å². The molecule has 1 heterocycles. The Morgan fingerprint density at radius 1 is 1.04 bits per heavy atom. The Morgan fingerprint density at radius 2 is 1.73 bits per heavy atom. The third-order valence-electron chi connectivity index (χ3n) is 3.81. The lowest BCUT2D eigenvalue weighted by atomic mass is 10.1. The highest BCUT2D eigenvalue weighted by molar-refractivity contribution is 6.53. The minimum absolute atomic E-state index is 0.0194. The molecule has 1 aliphatic rings. The Labute approximate surface area is 153 Å². The van der Waals surface area contributed by atoms with Crippen LogP contribution in [-0.2, 0) is 9.59 Å². The summed E-state index contributed by atoms with van der Waals surface area (Å²) in [5, 5.41) is 15.0. The van der Waals surface area contributed by atoms with E-state index in [4.69, 9.17) is 11.6 Å². The van der Waals surface area contributed by atoms with Gasteiger partial charge in [-0.15, -0.1) is 0 Å². The van der Waals surface area contributed by atoms with Crippen molar-refractivity contribution in [3.8, 4) is 5.75 Å². The molecule has 0 bridgehead atoms. The molecule has 0 saturated carbocycles. The van der Waals surface area contributed by atoms with E-state index in [-0.39, 0.29) is 27.7 Å². The number of nitrogens with one attached hydrogen (secondary N) is 2. The second-order valence-corrected chi connectivity index (χ2v) is 5.75. The van der Waals surface area contributed by atoms with Crippen molar-refractivity contribution >= 4 is 40.7 Å². The first kappa shape index (κ1) is 17.5. The topological polar surface area (TPSA) is 98.7 Å². The van der Waals surface area contributed by atoms with Crippen molar-refractivity contribution in [3.05, 3.63) is 64.8 Å². The summed E-state index contributed by atoms with van der Waals surface area (Å²) in [5.74, 6) is -2.18. The highest BCUT2D eigenvalue weighted by Gasteiger charge is 2.39. The van der Waals surface area contributed by atoms with Crippen molar-refractivity contribution in [2.45, 2.75) is 0 Å². The number of imide groups is 1. The van der Waals surface area contributed by atoms with Gasteiger partial charge < -0.3 is 15.7 Å². The second-order valence-electron chi connectivity index (χ2n) is 5.38. The van der Waals surface area contributed by atoms with Gasteiger partial charge in [0.25, 0.3) is 17.7 Å². The molecule has 3 rings (SSSR count). The van der Waals surface area contributed by atoms with Crippen molar-refractivity contribution < 1.29 is 19.5 Å². The van der Waals surface area contributed by atoms with Crippen LogP contribution in [-0.4, -0.2) is 29.9 Å². The number of carbonyl (C=O) groups excluding carboxylic acids is 3. The van der Waals surface area contributed by atoms with Gasteiger partial charge in [0.2, 0.25) is 0 Å². The number of hydrogen-bond donors (Lipinski definition) is 3. The highest BCUT2D eigenvalue weighted by atomic mass is 35.5. The van der Waals surface area contributed by atoms with Crippen LogP contribution in [0.4, 0.5) is 11.4 Å². The smallest absolute Gasteiger partial charge is 0.283 e. The standard InChI is InChI=1S/C18H14ClN3O4/c1-20-16(24)11-8-5-9-12(15(11)23)21-14-13(19)17(25)22(18(14)26)10-6-3-2-4-7-10/h2-9,21,23H,1H3,(H,20,24). The number of rotatable bonds is 4. The summed E-state index contributed by atoms with van der Waals surface area (Å²) in [6.07, 6.45) is 0. The van der Waals surface area contributed by atoms with E-state index >= 15 is 0 Å². The average molecular weight is 372 g/mol. The second kappa shape index (κ2) is 6.89. The van der Waals surface area contributed by atoms with Crippen molar-refractivity contribution in [3.63, 3.8) is 0 Å². The Bertz CT molecular complexity index is 941. The maximum atomic E-state index is 12.7. The van der Waals surface area contributed by atoms with E-state index in [0.717, 1.165) is 4.90 Å². The van der Waals surface area contributed by atoms with Gasteiger partial charge in [-0.2, -0.15) is 0 Å². The number of amides is 3. The molecule has 132 valence electrons. The number of carbonyl (C=O) groups is 3. The number of phenolic OH excluding ortho intramolecular Hbond substituents is 1. The predicted molar refractivity (Wildman–Crippen MR) is 96.9 cm³/mol. The number of anilines is 2. The molecule has 26 heavy (non-hydrogen) atoms. The van der Waals surface area contributed by atoms with Crippen molar-refractivity contribution in [2.75, 3.05) is 17.3 Å². The molecule has 0 unspecified atom stereocenters. The van der Waals surface area contributed by atoms with Crippen LogP contribution in [0.2, 0.25) is 0 Å². The number of nitrogens with zero attached hydrogens (tertiary/aromatic N) is 1. The van der Waals surface area contributed by atoms with E-state index in [1.165, 1.54) is 25.2 Å². The zero-order valence-corrected chi connectivity index (χ0v) is 14.4. The van der Waals surface area contributed by atoms with Crippen molar-refractivity contribution in [1.82, 2.24) is 5.32 Å². The van der Waals surface area contributed by atoms with Crippen LogP contribution < -0.4 is 15.5 Å². The molecule has 2 aromatic carbocycles. The van der Waals surface area contributed by atoms with Gasteiger partial charge in [-0.25, -0.2) is 4.90 Å². The van der Waals surface area contributed by atoms with E-state index in [2.05, 4.69) is 10.6 Å². The number of halogens is 1. The lowest BCUT2D eigenvalue weighted by molar-refractivity contribution is -0.120. The summed E-state index contributed by atoms with van der Waals surface area (Å²) < 4.78 is 0. The Balaban J connectivity index is 1.95. The first-order valence-electron chi connectivity index (χ1n) is 7.60. The molecular weight excluding hydrogens is 358 g/mol. The number of benzene rings is 2. The van der Waals surface area contributed by atoms with Gasteiger partial charge >= 0.3 is 0 Å². The summed E-state index contributed by atoms with van der Waals surface area (Å²) in [6.45, 7) is 0. The van der Waals surface area contributed by atoms with E-state index in [9.17, 15) is 19.5 Å². The molecule has 7 nitrogen and oxygen atoms in total. The quantitative estimate of drug-likeness (QED) is 0.565. The van der Waals surface area contributed by atoms with Crippen molar-refractivity contribution in [2.24, 2.45) is 0 Å². The molecule has 2 aromatic rings. The normalized spacial score (nSPS) is 14.0. The van der Waals surface area contributed by atoms with Crippen LogP contribution in [0.1, 0.15) is 10.4 Å². The lowest BCUT2D eigenvalue weighted by Crippen LogP contribution is -2.32. The van der Waals surface area contributed by atoms with Crippen LogP contribution in [0.5, 0.6) is 5.75 Å². The molecule has 0 radical (unpaired) electrons. The summed E-state index contributed by atoms with van der Waals surface area (Å²) >= 11 is 6.04. The number of hydrogen-bond acceptors (Lipinski definition) is 5. The molecule has 0 atom stereocenters. The van der Waals surface area contributed by atoms with Crippen molar-refractivity contribution in [1.29, 1.82) is 0 Å². The SMILES string of the molecule is CNC(=O)c1cccc(NC2=C(Cl)C(=O)N(c3ccccc3)C2=O)c1O. The third-order valence-corrected chi connectivity index (χ3v) is 4.16. The molecule has 0 aliphatic carbocycles. The van der Waals surface area contributed by atoms with Crippen LogP contribution in [0.15, 0.2) is 59.3 Å². The Kier molecular flexibility index (Phi) is 4.64. The number of para-hydroxylation sites is 2. The third kappa shape index (κ3) is 2.89. The van der Waals surface area contributed by atoms with Crippen LogP contribution in [0, 0.1) is 0 Å². The van der Waals surface area contributed by atoms with Gasteiger partial charge in [-0.1, -0.05) is 35.9 Å². The molecule has 0 aromatic heterocycles. The summed E-state index contributed by atoms with van der Waals surface area (Å²) in [7, 11) is 1.43. The maximum Gasteiger partial charge on any atom is 0.283 e. The molecule has 0 saturated heterocycles. The van der Waals surface area contributed by atoms with Gasteiger partial charge in [0.1, 0.15) is 10.7 Å². The molecular formula is C18H14ClN3O4. The highest BCUT2D eigenvalue weighted by Crippen LogP contribution is 2.33. The summed E-state index contributed by atoms with van der Waals surface area (Å²) in [6, 6.07) is 12.7. The van der Waals surface area contributed by atoms with Crippen LogP contribution in [0.25, 0.3) is 0 Å². The maximum absolute atomic E-state index is 12.7. The van der Waals surface area contributed by atoms with Gasteiger partial charge in [0.15, 0.2) is 5.75 Å². The zero-order chi connectivity index (χ0) is 18.8. The largest absolute Gasteiger partial charge is 0.505 e. The molecule has 8 heteroatoms. The lowest BCUT2D eigenvalue weighted by Gasteiger charge is -2.15. The summed E-state index contributed by atoms with van der Waals surface area (Å²) in [4.78, 5) is 37.7. The molecule has 3 amide bonds. The predicted octanol–water partition coefficient (Wildman–Crippen LogP) is 2.19. The monoisotopic (exact) mass is 371 g/mol. The average Bonchev–Trinajstić information content (AvgIpc) is 2.86. The molecule has 0 fully saturated rings. The Hall–Kier alpha value is -3.32. The van der Waals surface area contributed by atoms with E-state index in [1.54, 1.807) is 30.3 Å². The Morgan fingerprint density at radius 3 is 2.38 bits per heavy atom. The molecule has 1 aliphatic heterocycles. The molecule has 3 N–H and O–H groups in total. The number of aromatic hydroxyl groups is 1. The van der Waals surface area contributed by atoms with Crippen LogP contribution in [0.3, 0.4) is 0 Å². The fraction of sp³-hybridized carbons (Fsp3) is 0.0556. The zero-order valence-electron chi connectivity index (χ0n) is 13.6. The number of phenols is 1. The summed E-state index contributed by atoms with van der Waals surface area (Å²) in [5.41, 5.74) is 0.298. The van der Waals surface area contributed by atoms with Crippen LogP contribution >= 0.6 is 11.6 Å². The van der Waals surface area contributed by atoms with E-state index < -0.39 is 17.7 Å². The minimum atomic E-state index is -0.674. The molecule has 0 spiro atoms. The van der Waals surface area contributed by atoms with E-state index in [1.807, 2.05) is 0 Å². The van der Waals surface area contributed by atoms with Gasteiger partial charge in [0, 0.05) is 7.05 Å². The fourth-order valence-corrected chi connectivity index (χ4v) is 2.73. The fourth-order valence-electron chi connectivity index (χ4n) is 2.52. The van der Waals surface area contributed by atoms with Gasteiger partial charge in [0.05, 0.1) is 16.9 Å². The first-order valence-corrected chi connectivity index (χ1v) is 7.98. The van der Waals surface area contributed by atoms with Gasteiger partial charge in [-0.3, -0.25) is 14.4 Å². The van der Waals surface area contributed by atoms with E-state index in [0.29, 0.717) is 5.69 Å².